The first kappa shape index (κ1) is 15.3. The maximum absolute atomic E-state index is 12.2. The van der Waals surface area contributed by atoms with Crippen LogP contribution in [-0.2, 0) is 11.3 Å². The maximum atomic E-state index is 12.2. The Labute approximate surface area is 124 Å². The van der Waals surface area contributed by atoms with Crippen molar-refractivity contribution in [2.45, 2.75) is 32.4 Å². The quantitative estimate of drug-likeness (QED) is 0.772. The molecule has 6 heteroatoms. The fourth-order valence-electron chi connectivity index (χ4n) is 2.17. The molecule has 1 atom stereocenters. The standard InChI is InChI=1S/C15H21N3O3/c1-3-15(2)13(19)18(14(20)17-15)8-9-21-12-6-4-11(10-16)5-7-12/h4-7H,3,8-10,16H2,1-2H3,(H,17,20). The van der Waals surface area contributed by atoms with E-state index in [4.69, 9.17) is 10.5 Å². The van der Waals surface area contributed by atoms with Crippen LogP contribution < -0.4 is 15.8 Å². The summed E-state index contributed by atoms with van der Waals surface area (Å²) in [6.45, 7) is 4.59. The summed E-state index contributed by atoms with van der Waals surface area (Å²) < 4.78 is 5.55. The van der Waals surface area contributed by atoms with E-state index in [-0.39, 0.29) is 25.1 Å². The molecule has 0 bridgehead atoms. The first-order valence-electron chi connectivity index (χ1n) is 7.06. The Morgan fingerprint density at radius 2 is 1.95 bits per heavy atom. The van der Waals surface area contributed by atoms with E-state index in [1.54, 1.807) is 6.92 Å². The molecule has 0 radical (unpaired) electrons. The highest BCUT2D eigenvalue weighted by Crippen LogP contribution is 2.20. The lowest BCUT2D eigenvalue weighted by Crippen LogP contribution is -2.43. The molecule has 1 unspecified atom stereocenters. The van der Waals surface area contributed by atoms with E-state index in [0.717, 1.165) is 5.56 Å². The number of nitrogens with two attached hydrogens (primary N) is 1. The number of carbonyl (C=O) groups excluding carboxylic acids is 2. The van der Waals surface area contributed by atoms with Crippen LogP contribution in [0.3, 0.4) is 0 Å². The van der Waals surface area contributed by atoms with Crippen molar-refractivity contribution in [1.82, 2.24) is 10.2 Å². The maximum Gasteiger partial charge on any atom is 0.325 e. The van der Waals surface area contributed by atoms with Gasteiger partial charge in [-0.1, -0.05) is 19.1 Å². The average Bonchev–Trinajstić information content (AvgIpc) is 2.71. The second kappa shape index (κ2) is 6.13. The van der Waals surface area contributed by atoms with Crippen molar-refractivity contribution in [2.75, 3.05) is 13.2 Å². The summed E-state index contributed by atoms with van der Waals surface area (Å²) in [7, 11) is 0. The van der Waals surface area contributed by atoms with Crippen LogP contribution in [0.15, 0.2) is 24.3 Å². The minimum Gasteiger partial charge on any atom is -0.492 e. The van der Waals surface area contributed by atoms with E-state index >= 15 is 0 Å². The average molecular weight is 291 g/mol. The SMILES string of the molecule is CCC1(C)NC(=O)N(CCOc2ccc(CN)cc2)C1=O. The zero-order valence-electron chi connectivity index (χ0n) is 12.4. The van der Waals surface area contributed by atoms with Crippen LogP contribution in [0.2, 0.25) is 0 Å². The van der Waals surface area contributed by atoms with Gasteiger partial charge in [0.2, 0.25) is 0 Å². The molecule has 1 heterocycles. The molecule has 21 heavy (non-hydrogen) atoms. The van der Waals surface area contributed by atoms with E-state index in [9.17, 15) is 9.59 Å². The van der Waals surface area contributed by atoms with Crippen LogP contribution in [0.25, 0.3) is 0 Å². The highest BCUT2D eigenvalue weighted by atomic mass is 16.5. The summed E-state index contributed by atoms with van der Waals surface area (Å²) in [6, 6.07) is 7.06. The summed E-state index contributed by atoms with van der Waals surface area (Å²) in [6.07, 6.45) is 0.565. The third kappa shape index (κ3) is 3.16. The predicted molar refractivity (Wildman–Crippen MR) is 78.8 cm³/mol. The van der Waals surface area contributed by atoms with Gasteiger partial charge < -0.3 is 15.8 Å². The smallest absolute Gasteiger partial charge is 0.325 e. The number of nitrogens with zero attached hydrogens (tertiary/aromatic N) is 1. The minimum atomic E-state index is -0.792. The molecule has 1 aromatic carbocycles. The molecule has 1 saturated heterocycles. The van der Waals surface area contributed by atoms with Crippen LogP contribution in [0.5, 0.6) is 5.75 Å². The summed E-state index contributed by atoms with van der Waals surface area (Å²) >= 11 is 0. The number of hydrogen-bond acceptors (Lipinski definition) is 4. The van der Waals surface area contributed by atoms with Gasteiger partial charge in [-0.2, -0.15) is 0 Å². The highest BCUT2D eigenvalue weighted by Gasteiger charge is 2.46. The van der Waals surface area contributed by atoms with E-state index in [0.29, 0.717) is 18.7 Å². The molecule has 3 N–H and O–H groups in total. The number of hydrogen-bond donors (Lipinski definition) is 2. The third-order valence-corrected chi connectivity index (χ3v) is 3.79. The van der Waals surface area contributed by atoms with Gasteiger partial charge in [-0.15, -0.1) is 0 Å². The van der Waals surface area contributed by atoms with E-state index < -0.39 is 5.54 Å². The van der Waals surface area contributed by atoms with Gasteiger partial charge in [-0.05, 0) is 31.0 Å². The molecule has 0 spiro atoms. The van der Waals surface area contributed by atoms with Crippen LogP contribution in [0.4, 0.5) is 4.79 Å². The van der Waals surface area contributed by atoms with Crippen LogP contribution >= 0.6 is 0 Å². The number of nitrogens with one attached hydrogen (secondary N) is 1. The lowest BCUT2D eigenvalue weighted by atomic mass is 9.99. The van der Waals surface area contributed by atoms with Gasteiger partial charge in [-0.3, -0.25) is 9.69 Å². The van der Waals surface area contributed by atoms with Crippen molar-refractivity contribution in [3.05, 3.63) is 29.8 Å². The summed E-state index contributed by atoms with van der Waals surface area (Å²) in [5.74, 6) is 0.495. The Kier molecular flexibility index (Phi) is 4.47. The number of benzene rings is 1. The molecule has 1 aliphatic heterocycles. The molecule has 1 aliphatic rings. The number of amides is 3. The minimum absolute atomic E-state index is 0.197. The molecule has 0 saturated carbocycles. The van der Waals surface area contributed by atoms with Crippen LogP contribution in [0, 0.1) is 0 Å². The zero-order valence-corrected chi connectivity index (χ0v) is 12.4. The summed E-state index contributed by atoms with van der Waals surface area (Å²) in [4.78, 5) is 25.2. The number of imide groups is 1. The lowest BCUT2D eigenvalue weighted by Gasteiger charge is -2.19. The molecule has 3 amide bonds. The second-order valence-corrected chi connectivity index (χ2v) is 5.27. The monoisotopic (exact) mass is 291 g/mol. The third-order valence-electron chi connectivity index (χ3n) is 3.79. The second-order valence-electron chi connectivity index (χ2n) is 5.27. The Hall–Kier alpha value is -2.08. The molecule has 6 nitrogen and oxygen atoms in total. The van der Waals surface area contributed by atoms with Crippen molar-refractivity contribution in [1.29, 1.82) is 0 Å². The normalized spacial score (nSPS) is 21.6. The van der Waals surface area contributed by atoms with Gasteiger partial charge in [0.25, 0.3) is 5.91 Å². The van der Waals surface area contributed by atoms with Crippen molar-refractivity contribution in [3.8, 4) is 5.75 Å². The number of urea groups is 1. The van der Waals surface area contributed by atoms with Gasteiger partial charge in [0.15, 0.2) is 0 Å². The first-order valence-corrected chi connectivity index (χ1v) is 7.06. The van der Waals surface area contributed by atoms with E-state index in [1.807, 2.05) is 31.2 Å². The Morgan fingerprint density at radius 1 is 1.29 bits per heavy atom. The van der Waals surface area contributed by atoms with Gasteiger partial charge in [0, 0.05) is 6.54 Å². The molecule has 1 aromatic rings. The molecule has 2 rings (SSSR count). The molecule has 1 fully saturated rings. The molecular weight excluding hydrogens is 270 g/mol. The molecular formula is C15H21N3O3. The van der Waals surface area contributed by atoms with Gasteiger partial charge >= 0.3 is 6.03 Å². The van der Waals surface area contributed by atoms with Gasteiger partial charge in [-0.25, -0.2) is 4.79 Å². The number of carbonyl (C=O) groups is 2. The van der Waals surface area contributed by atoms with Gasteiger partial charge in [0.1, 0.15) is 17.9 Å². The van der Waals surface area contributed by atoms with Crippen molar-refractivity contribution in [3.63, 3.8) is 0 Å². The fourth-order valence-corrected chi connectivity index (χ4v) is 2.17. The van der Waals surface area contributed by atoms with Crippen molar-refractivity contribution < 1.29 is 14.3 Å². The topological polar surface area (TPSA) is 84.7 Å². The van der Waals surface area contributed by atoms with Crippen LogP contribution in [0.1, 0.15) is 25.8 Å². The summed E-state index contributed by atoms with van der Waals surface area (Å²) in [5, 5.41) is 2.71. The summed E-state index contributed by atoms with van der Waals surface area (Å²) in [5.41, 5.74) is 5.75. The number of rotatable bonds is 6. The Morgan fingerprint density at radius 3 is 2.48 bits per heavy atom. The van der Waals surface area contributed by atoms with Crippen molar-refractivity contribution in [2.24, 2.45) is 5.73 Å². The van der Waals surface area contributed by atoms with Gasteiger partial charge in [0.05, 0.1) is 6.54 Å². The fraction of sp³-hybridized carbons (Fsp3) is 0.467. The highest BCUT2D eigenvalue weighted by molar-refractivity contribution is 6.06. The molecule has 114 valence electrons. The number of ether oxygens (including phenoxy) is 1. The Bertz CT molecular complexity index is 529. The first-order chi connectivity index (χ1) is 10.00. The van der Waals surface area contributed by atoms with E-state index in [2.05, 4.69) is 5.32 Å². The molecule has 0 aromatic heterocycles. The lowest BCUT2D eigenvalue weighted by molar-refractivity contribution is -0.131. The Balaban J connectivity index is 1.88. The van der Waals surface area contributed by atoms with Crippen LogP contribution in [-0.4, -0.2) is 35.5 Å². The zero-order chi connectivity index (χ0) is 15.5. The van der Waals surface area contributed by atoms with Crippen molar-refractivity contribution >= 4 is 11.9 Å². The largest absolute Gasteiger partial charge is 0.492 e. The predicted octanol–water partition coefficient (Wildman–Crippen LogP) is 1.24. The van der Waals surface area contributed by atoms with E-state index in [1.165, 1.54) is 4.90 Å². The molecule has 0 aliphatic carbocycles.